The highest BCUT2D eigenvalue weighted by Crippen LogP contribution is 2.19. The molecule has 0 spiro atoms. The van der Waals surface area contributed by atoms with E-state index in [0.29, 0.717) is 0 Å². The molecule has 0 radical (unpaired) electrons. The van der Waals surface area contributed by atoms with Crippen LogP contribution in [0.2, 0.25) is 0 Å². The van der Waals surface area contributed by atoms with Gasteiger partial charge in [-0.3, -0.25) is 0 Å². The Hall–Kier alpha value is -0.760. The van der Waals surface area contributed by atoms with Gasteiger partial charge in [0.1, 0.15) is 0 Å². The molecule has 128 valence electrons. The van der Waals surface area contributed by atoms with E-state index >= 15 is 0 Å². The lowest BCUT2D eigenvalue weighted by molar-refractivity contribution is 0.159. The van der Waals surface area contributed by atoms with E-state index in [2.05, 4.69) is 11.9 Å². The maximum atomic E-state index is 9.96. The van der Waals surface area contributed by atoms with Crippen LogP contribution < -0.4 is 0 Å². The van der Waals surface area contributed by atoms with Gasteiger partial charge in [0.15, 0.2) is 0 Å². The van der Waals surface area contributed by atoms with Crippen molar-refractivity contribution in [2.75, 3.05) is 0 Å². The van der Waals surface area contributed by atoms with Crippen molar-refractivity contribution in [1.29, 1.82) is 0 Å². The van der Waals surface area contributed by atoms with E-state index in [4.69, 9.17) is 0 Å². The number of aromatic amines is 1. The third-order valence-corrected chi connectivity index (χ3v) is 4.56. The normalized spacial score (nSPS) is 12.6. The number of hydrogen-bond donors (Lipinski definition) is 2. The second kappa shape index (κ2) is 13.9. The van der Waals surface area contributed by atoms with Gasteiger partial charge in [-0.15, -0.1) is 0 Å². The molecule has 0 aromatic carbocycles. The number of unbranched alkanes of at least 4 members (excludes halogenated alkanes) is 12. The SMILES string of the molecule is CCCCCCCCCCCCCCCC(O)c1ccc[nH]1. The maximum absolute atomic E-state index is 9.96. The van der Waals surface area contributed by atoms with Gasteiger partial charge in [0, 0.05) is 11.9 Å². The first kappa shape index (κ1) is 19.3. The van der Waals surface area contributed by atoms with Crippen LogP contribution in [0.1, 0.15) is 109 Å². The van der Waals surface area contributed by atoms with Crippen molar-refractivity contribution in [3.05, 3.63) is 24.0 Å². The Balaban J connectivity index is 1.76. The van der Waals surface area contributed by atoms with Crippen LogP contribution in [0, 0.1) is 0 Å². The fourth-order valence-corrected chi connectivity index (χ4v) is 3.06. The largest absolute Gasteiger partial charge is 0.387 e. The zero-order valence-electron chi connectivity index (χ0n) is 14.7. The van der Waals surface area contributed by atoms with Gasteiger partial charge in [0.05, 0.1) is 6.10 Å². The van der Waals surface area contributed by atoms with Crippen molar-refractivity contribution in [3.63, 3.8) is 0 Å². The molecule has 0 fully saturated rings. The molecule has 0 bridgehead atoms. The van der Waals surface area contributed by atoms with E-state index in [1.807, 2.05) is 18.3 Å². The molecule has 0 amide bonds. The number of rotatable bonds is 15. The molecule has 0 aliphatic heterocycles. The molecular formula is C20H37NO. The summed E-state index contributed by atoms with van der Waals surface area (Å²) in [5.41, 5.74) is 0.957. The van der Waals surface area contributed by atoms with Crippen molar-refractivity contribution < 1.29 is 5.11 Å². The predicted molar refractivity (Wildman–Crippen MR) is 96.1 cm³/mol. The summed E-state index contributed by atoms with van der Waals surface area (Å²) in [6.45, 7) is 2.28. The summed E-state index contributed by atoms with van der Waals surface area (Å²) in [6, 6.07) is 3.91. The lowest BCUT2D eigenvalue weighted by Gasteiger charge is -2.08. The molecule has 1 atom stereocenters. The van der Waals surface area contributed by atoms with E-state index in [9.17, 15) is 5.11 Å². The Morgan fingerprint density at radius 1 is 0.818 bits per heavy atom. The predicted octanol–water partition coefficient (Wildman–Crippen LogP) is 6.53. The van der Waals surface area contributed by atoms with Crippen LogP contribution in [0.15, 0.2) is 18.3 Å². The van der Waals surface area contributed by atoms with Gasteiger partial charge in [-0.2, -0.15) is 0 Å². The number of hydrogen-bond acceptors (Lipinski definition) is 1. The molecule has 2 nitrogen and oxygen atoms in total. The minimum absolute atomic E-state index is 0.303. The van der Waals surface area contributed by atoms with Crippen molar-refractivity contribution in [2.24, 2.45) is 0 Å². The average molecular weight is 308 g/mol. The first-order valence-electron chi connectivity index (χ1n) is 9.66. The van der Waals surface area contributed by atoms with Crippen LogP contribution >= 0.6 is 0 Å². The molecule has 22 heavy (non-hydrogen) atoms. The third-order valence-electron chi connectivity index (χ3n) is 4.56. The number of aromatic nitrogens is 1. The molecule has 2 heteroatoms. The van der Waals surface area contributed by atoms with Crippen molar-refractivity contribution in [3.8, 4) is 0 Å². The Kier molecular flexibility index (Phi) is 12.2. The highest BCUT2D eigenvalue weighted by Gasteiger charge is 2.06. The second-order valence-corrected chi connectivity index (χ2v) is 6.67. The molecule has 2 N–H and O–H groups in total. The highest BCUT2D eigenvalue weighted by atomic mass is 16.3. The molecule has 0 saturated heterocycles. The second-order valence-electron chi connectivity index (χ2n) is 6.67. The Labute approximate surface area is 137 Å². The molecule has 1 heterocycles. The summed E-state index contributed by atoms with van der Waals surface area (Å²) in [5.74, 6) is 0. The van der Waals surface area contributed by atoms with Gasteiger partial charge >= 0.3 is 0 Å². The first-order chi connectivity index (χ1) is 10.8. The average Bonchev–Trinajstić information content (AvgIpc) is 3.06. The highest BCUT2D eigenvalue weighted by molar-refractivity contribution is 5.06. The molecule has 0 aliphatic carbocycles. The molecule has 0 aliphatic rings. The van der Waals surface area contributed by atoms with Gasteiger partial charge in [0.2, 0.25) is 0 Å². The van der Waals surface area contributed by atoms with Crippen LogP contribution in [-0.4, -0.2) is 10.1 Å². The van der Waals surface area contributed by atoms with E-state index in [0.717, 1.165) is 18.5 Å². The third kappa shape index (κ3) is 10.0. The minimum atomic E-state index is -0.303. The zero-order chi connectivity index (χ0) is 15.9. The van der Waals surface area contributed by atoms with Crippen LogP contribution in [0.4, 0.5) is 0 Å². The summed E-state index contributed by atoms with van der Waals surface area (Å²) < 4.78 is 0. The summed E-state index contributed by atoms with van der Waals surface area (Å²) in [7, 11) is 0. The summed E-state index contributed by atoms with van der Waals surface area (Å²) >= 11 is 0. The van der Waals surface area contributed by atoms with E-state index < -0.39 is 0 Å². The van der Waals surface area contributed by atoms with Crippen molar-refractivity contribution in [2.45, 2.75) is 103 Å². The molecule has 0 saturated carbocycles. The van der Waals surface area contributed by atoms with Gasteiger partial charge < -0.3 is 10.1 Å². The number of nitrogens with one attached hydrogen (secondary N) is 1. The quantitative estimate of drug-likeness (QED) is 0.355. The van der Waals surface area contributed by atoms with Gasteiger partial charge in [-0.1, -0.05) is 90.4 Å². The zero-order valence-corrected chi connectivity index (χ0v) is 14.7. The summed E-state index contributed by atoms with van der Waals surface area (Å²) in [6.07, 6.45) is 20.3. The lowest BCUT2D eigenvalue weighted by atomic mass is 10.0. The standard InChI is InChI=1S/C20H37NO/c1-2-3-4-5-6-7-8-9-10-11-12-13-14-17-20(22)19-16-15-18-21-19/h15-16,18,20-22H,2-14,17H2,1H3. The van der Waals surface area contributed by atoms with E-state index in [1.54, 1.807) is 0 Å². The topological polar surface area (TPSA) is 36.0 Å². The number of aliphatic hydroxyl groups is 1. The summed E-state index contributed by atoms with van der Waals surface area (Å²) in [4.78, 5) is 3.08. The molecule has 1 rings (SSSR count). The smallest absolute Gasteiger partial charge is 0.0937 e. The van der Waals surface area contributed by atoms with Gasteiger partial charge in [-0.05, 0) is 18.6 Å². The van der Waals surface area contributed by atoms with Gasteiger partial charge in [-0.25, -0.2) is 0 Å². The number of aliphatic hydroxyl groups excluding tert-OH is 1. The van der Waals surface area contributed by atoms with Crippen LogP contribution in [0.5, 0.6) is 0 Å². The minimum Gasteiger partial charge on any atom is -0.387 e. The summed E-state index contributed by atoms with van der Waals surface area (Å²) in [5, 5.41) is 9.96. The molecule has 1 aromatic heterocycles. The van der Waals surface area contributed by atoms with Crippen molar-refractivity contribution >= 4 is 0 Å². The first-order valence-corrected chi connectivity index (χ1v) is 9.66. The Morgan fingerprint density at radius 3 is 1.77 bits per heavy atom. The fourth-order valence-electron chi connectivity index (χ4n) is 3.06. The fraction of sp³-hybridized carbons (Fsp3) is 0.800. The van der Waals surface area contributed by atoms with Crippen LogP contribution in [-0.2, 0) is 0 Å². The lowest BCUT2D eigenvalue weighted by Crippen LogP contribution is -1.97. The number of H-pyrrole nitrogens is 1. The van der Waals surface area contributed by atoms with Crippen LogP contribution in [0.25, 0.3) is 0 Å². The van der Waals surface area contributed by atoms with Gasteiger partial charge in [0.25, 0.3) is 0 Å². The Bertz CT molecular complexity index is 320. The Morgan fingerprint density at radius 2 is 1.32 bits per heavy atom. The van der Waals surface area contributed by atoms with E-state index in [-0.39, 0.29) is 6.10 Å². The molecule has 1 unspecified atom stereocenters. The molecule has 1 aromatic rings. The van der Waals surface area contributed by atoms with E-state index in [1.165, 1.54) is 77.0 Å². The monoisotopic (exact) mass is 307 g/mol. The molecular weight excluding hydrogens is 270 g/mol. The van der Waals surface area contributed by atoms with Crippen molar-refractivity contribution in [1.82, 2.24) is 4.98 Å². The van der Waals surface area contributed by atoms with Crippen LogP contribution in [0.3, 0.4) is 0 Å². The maximum Gasteiger partial charge on any atom is 0.0937 e.